The molecule has 0 spiro atoms. The summed E-state index contributed by atoms with van der Waals surface area (Å²) in [5.41, 5.74) is 1.45. The number of rotatable bonds is 4. The van der Waals surface area contributed by atoms with Crippen LogP contribution in [-0.4, -0.2) is 29.8 Å². The van der Waals surface area contributed by atoms with Crippen LogP contribution < -0.4 is 5.32 Å². The highest BCUT2D eigenvalue weighted by atomic mass is 79.9. The Kier molecular flexibility index (Phi) is 4.40. The Labute approximate surface area is 119 Å². The third kappa shape index (κ3) is 3.46. The van der Waals surface area contributed by atoms with Gasteiger partial charge in [-0.15, -0.1) is 0 Å². The number of nitrogens with zero attached hydrogens (tertiary/aromatic N) is 1. The summed E-state index contributed by atoms with van der Waals surface area (Å²) < 4.78 is 6.13. The zero-order valence-corrected chi connectivity index (χ0v) is 11.7. The van der Waals surface area contributed by atoms with E-state index in [1.807, 2.05) is 12.1 Å². The molecule has 100 valence electrons. The lowest BCUT2D eigenvalue weighted by molar-refractivity contribution is -0.149. The van der Waals surface area contributed by atoms with E-state index in [4.69, 9.17) is 15.1 Å². The molecule has 1 saturated heterocycles. The van der Waals surface area contributed by atoms with Gasteiger partial charge in [0.15, 0.2) is 6.10 Å². The lowest BCUT2D eigenvalue weighted by atomic mass is 10.2. The first-order chi connectivity index (χ1) is 9.10. The van der Waals surface area contributed by atoms with Crippen LogP contribution >= 0.6 is 15.9 Å². The van der Waals surface area contributed by atoms with Crippen LogP contribution in [-0.2, 0) is 9.53 Å². The molecular weight excluding hydrogens is 312 g/mol. The molecule has 0 aliphatic carbocycles. The molecule has 0 aromatic heterocycles. The molecule has 0 bridgehead atoms. The Bertz CT molecular complexity index is 527. The van der Waals surface area contributed by atoms with Gasteiger partial charge in [0.25, 0.3) is 0 Å². The van der Waals surface area contributed by atoms with Gasteiger partial charge in [-0.25, -0.2) is 4.79 Å². The van der Waals surface area contributed by atoms with Crippen molar-refractivity contribution in [3.63, 3.8) is 0 Å². The van der Waals surface area contributed by atoms with Gasteiger partial charge in [-0.05, 0) is 47.0 Å². The summed E-state index contributed by atoms with van der Waals surface area (Å²) in [5.74, 6) is -0.899. The second-order valence-corrected chi connectivity index (χ2v) is 5.20. The predicted molar refractivity (Wildman–Crippen MR) is 72.9 cm³/mol. The smallest absolute Gasteiger partial charge is 0.332 e. The van der Waals surface area contributed by atoms with E-state index < -0.39 is 12.1 Å². The number of ether oxygens (including phenoxy) is 1. The molecule has 6 heteroatoms. The average Bonchev–Trinajstić information content (AvgIpc) is 2.85. The third-order valence-corrected chi connectivity index (χ3v) is 3.66. The highest BCUT2D eigenvalue weighted by Crippen LogP contribution is 2.23. The first kappa shape index (κ1) is 13.8. The van der Waals surface area contributed by atoms with Crippen molar-refractivity contribution in [1.82, 2.24) is 0 Å². The van der Waals surface area contributed by atoms with Gasteiger partial charge < -0.3 is 15.2 Å². The molecule has 19 heavy (non-hydrogen) atoms. The summed E-state index contributed by atoms with van der Waals surface area (Å²) in [4.78, 5) is 10.8. The molecule has 2 atom stereocenters. The number of halogens is 1. The number of benzene rings is 1. The molecular formula is C13H13BrN2O3. The molecule has 1 aromatic rings. The highest BCUT2D eigenvalue weighted by molar-refractivity contribution is 9.10. The number of nitrogens with one attached hydrogen (secondary N) is 1. The summed E-state index contributed by atoms with van der Waals surface area (Å²) in [6.07, 6.45) is 0.523. The summed E-state index contributed by atoms with van der Waals surface area (Å²) in [6, 6.07) is 7.43. The van der Waals surface area contributed by atoms with Crippen molar-refractivity contribution in [2.24, 2.45) is 0 Å². The normalized spacial score (nSPS) is 21.9. The lowest BCUT2D eigenvalue weighted by Gasteiger charge is -2.13. The van der Waals surface area contributed by atoms with E-state index in [9.17, 15) is 4.79 Å². The van der Waals surface area contributed by atoms with Gasteiger partial charge >= 0.3 is 5.97 Å². The zero-order chi connectivity index (χ0) is 13.8. The fourth-order valence-corrected chi connectivity index (χ4v) is 2.45. The standard InChI is InChI=1S/C13H13BrN2O3/c14-11-5-9(2-1-8(11)6-15)16-7-10-3-4-12(19-10)13(17)18/h1-2,5,10,12,16H,3-4,7H2,(H,17,18). The molecule has 1 aromatic carbocycles. The van der Waals surface area contributed by atoms with Gasteiger partial charge in [-0.3, -0.25) is 0 Å². The van der Waals surface area contributed by atoms with Crippen LogP contribution in [0.2, 0.25) is 0 Å². The maximum absolute atomic E-state index is 10.8. The second-order valence-electron chi connectivity index (χ2n) is 4.35. The van der Waals surface area contributed by atoms with E-state index >= 15 is 0 Å². The maximum Gasteiger partial charge on any atom is 0.332 e. The molecule has 5 nitrogen and oxygen atoms in total. The van der Waals surface area contributed by atoms with Crippen LogP contribution in [0.25, 0.3) is 0 Å². The third-order valence-electron chi connectivity index (χ3n) is 3.01. The molecule has 2 unspecified atom stereocenters. The predicted octanol–water partition coefficient (Wildman–Crippen LogP) is 2.36. The Balaban J connectivity index is 1.88. The Hall–Kier alpha value is -1.58. The number of carbonyl (C=O) groups is 1. The summed E-state index contributed by atoms with van der Waals surface area (Å²) in [6.45, 7) is 0.558. The van der Waals surface area contributed by atoms with Crippen molar-refractivity contribution in [1.29, 1.82) is 5.26 Å². The highest BCUT2D eigenvalue weighted by Gasteiger charge is 2.30. The first-order valence-corrected chi connectivity index (χ1v) is 6.71. The summed E-state index contributed by atoms with van der Waals surface area (Å²) >= 11 is 3.32. The van der Waals surface area contributed by atoms with Crippen molar-refractivity contribution in [3.05, 3.63) is 28.2 Å². The Morgan fingerprint density at radius 2 is 2.37 bits per heavy atom. The Morgan fingerprint density at radius 1 is 1.58 bits per heavy atom. The van der Waals surface area contributed by atoms with Gasteiger partial charge in [0, 0.05) is 16.7 Å². The van der Waals surface area contributed by atoms with Gasteiger partial charge in [-0.2, -0.15) is 5.26 Å². The summed E-state index contributed by atoms with van der Waals surface area (Å²) in [5, 5.41) is 20.8. The Morgan fingerprint density at radius 3 is 2.95 bits per heavy atom. The van der Waals surface area contributed by atoms with Crippen LogP contribution in [0.5, 0.6) is 0 Å². The minimum atomic E-state index is -0.899. The van der Waals surface area contributed by atoms with Crippen LogP contribution in [0.4, 0.5) is 5.69 Å². The molecule has 1 aliphatic heterocycles. The fraction of sp³-hybridized carbons (Fsp3) is 0.385. The van der Waals surface area contributed by atoms with Gasteiger partial charge in [0.05, 0.1) is 11.7 Å². The van der Waals surface area contributed by atoms with E-state index in [1.165, 1.54) is 0 Å². The van der Waals surface area contributed by atoms with Crippen molar-refractivity contribution < 1.29 is 14.6 Å². The van der Waals surface area contributed by atoms with Crippen molar-refractivity contribution in [2.75, 3.05) is 11.9 Å². The fourth-order valence-electron chi connectivity index (χ4n) is 1.98. The maximum atomic E-state index is 10.8. The van der Waals surface area contributed by atoms with Gasteiger partial charge in [0.2, 0.25) is 0 Å². The first-order valence-electron chi connectivity index (χ1n) is 5.92. The minimum Gasteiger partial charge on any atom is -0.479 e. The number of hydrogen-bond acceptors (Lipinski definition) is 4. The number of hydrogen-bond donors (Lipinski definition) is 2. The van der Waals surface area contributed by atoms with E-state index in [-0.39, 0.29) is 6.10 Å². The van der Waals surface area contributed by atoms with Gasteiger partial charge in [-0.1, -0.05) is 0 Å². The number of anilines is 1. The number of nitriles is 1. The monoisotopic (exact) mass is 324 g/mol. The van der Waals surface area contributed by atoms with E-state index in [0.717, 1.165) is 16.6 Å². The zero-order valence-electron chi connectivity index (χ0n) is 10.1. The second kappa shape index (κ2) is 6.04. The molecule has 0 saturated carbocycles. The lowest BCUT2D eigenvalue weighted by Crippen LogP contribution is -2.24. The molecule has 1 heterocycles. The van der Waals surface area contributed by atoms with Crippen LogP contribution in [0.3, 0.4) is 0 Å². The number of carboxylic acids is 1. The number of carboxylic acid groups (broad SMARTS) is 1. The van der Waals surface area contributed by atoms with Crippen LogP contribution in [0.15, 0.2) is 22.7 Å². The van der Waals surface area contributed by atoms with Gasteiger partial charge in [0.1, 0.15) is 6.07 Å². The van der Waals surface area contributed by atoms with Crippen molar-refractivity contribution in [2.45, 2.75) is 25.0 Å². The average molecular weight is 325 g/mol. The quantitative estimate of drug-likeness (QED) is 0.888. The van der Waals surface area contributed by atoms with E-state index in [0.29, 0.717) is 18.5 Å². The van der Waals surface area contributed by atoms with Crippen molar-refractivity contribution in [3.8, 4) is 6.07 Å². The van der Waals surface area contributed by atoms with E-state index in [1.54, 1.807) is 6.07 Å². The molecule has 1 fully saturated rings. The van der Waals surface area contributed by atoms with Crippen LogP contribution in [0, 0.1) is 11.3 Å². The van der Waals surface area contributed by atoms with Crippen molar-refractivity contribution >= 4 is 27.6 Å². The SMILES string of the molecule is N#Cc1ccc(NCC2CCC(C(=O)O)O2)cc1Br. The molecule has 2 N–H and O–H groups in total. The number of aliphatic carboxylic acids is 1. The summed E-state index contributed by atoms with van der Waals surface area (Å²) in [7, 11) is 0. The minimum absolute atomic E-state index is 0.0875. The molecule has 1 aliphatic rings. The topological polar surface area (TPSA) is 82.4 Å². The van der Waals surface area contributed by atoms with E-state index in [2.05, 4.69) is 27.3 Å². The molecule has 0 amide bonds. The van der Waals surface area contributed by atoms with Crippen LogP contribution in [0.1, 0.15) is 18.4 Å². The largest absolute Gasteiger partial charge is 0.479 e. The molecule has 2 rings (SSSR count). The molecule has 0 radical (unpaired) electrons.